The molecule has 0 aliphatic carbocycles. The molecule has 1 aliphatic heterocycles. The van der Waals surface area contributed by atoms with Crippen molar-refractivity contribution in [2.75, 3.05) is 83.2 Å². The van der Waals surface area contributed by atoms with Crippen LogP contribution in [0.4, 0.5) is 11.4 Å². The SMILES string of the molecule is COC(=O)CN1CCOCCN(CC(=O)OC)c2cc(OCC(=O)OC(C)(C)C)c(C=O)cc2OCCOc2cc(C)ccc21. The number of benzene rings is 2. The predicted octanol–water partition coefficient (Wildman–Crippen LogP) is 2.97. The van der Waals surface area contributed by atoms with Crippen LogP contribution in [0.5, 0.6) is 17.2 Å². The molecule has 0 atom stereocenters. The third-order valence-corrected chi connectivity index (χ3v) is 6.49. The lowest BCUT2D eigenvalue weighted by Gasteiger charge is -2.27. The highest BCUT2D eigenvalue weighted by Crippen LogP contribution is 2.36. The summed E-state index contributed by atoms with van der Waals surface area (Å²) >= 11 is 0. The Balaban J connectivity index is 1.96. The zero-order chi connectivity index (χ0) is 33.0. The van der Waals surface area contributed by atoms with Crippen LogP contribution >= 0.6 is 0 Å². The second-order valence-corrected chi connectivity index (χ2v) is 11.1. The first-order chi connectivity index (χ1) is 21.4. The van der Waals surface area contributed by atoms with Gasteiger partial charge in [0, 0.05) is 19.2 Å². The Morgan fingerprint density at radius 1 is 0.822 bits per heavy atom. The first kappa shape index (κ1) is 35.0. The molecule has 45 heavy (non-hydrogen) atoms. The first-order valence-electron chi connectivity index (χ1n) is 14.5. The van der Waals surface area contributed by atoms with Gasteiger partial charge in [0.15, 0.2) is 12.9 Å². The fraction of sp³-hybridized carbons (Fsp3) is 0.500. The third kappa shape index (κ3) is 10.9. The van der Waals surface area contributed by atoms with E-state index in [0.29, 0.717) is 30.0 Å². The molecule has 0 N–H and O–H groups in total. The lowest BCUT2D eigenvalue weighted by Crippen LogP contribution is -2.36. The van der Waals surface area contributed by atoms with Gasteiger partial charge in [-0.25, -0.2) is 4.79 Å². The summed E-state index contributed by atoms with van der Waals surface area (Å²) in [6.45, 7) is 7.69. The molecule has 3 rings (SSSR count). The van der Waals surface area contributed by atoms with Crippen molar-refractivity contribution in [2.45, 2.75) is 33.3 Å². The summed E-state index contributed by atoms with van der Waals surface area (Å²) in [5, 5.41) is 0. The number of aryl methyl sites for hydroxylation is 1. The highest BCUT2D eigenvalue weighted by Gasteiger charge is 2.23. The highest BCUT2D eigenvalue weighted by molar-refractivity contribution is 5.85. The van der Waals surface area contributed by atoms with E-state index in [1.165, 1.54) is 26.4 Å². The van der Waals surface area contributed by atoms with Gasteiger partial charge in [0.2, 0.25) is 0 Å². The van der Waals surface area contributed by atoms with Gasteiger partial charge in [-0.05, 0) is 51.5 Å². The van der Waals surface area contributed by atoms with E-state index in [1.54, 1.807) is 25.7 Å². The number of fused-ring (bicyclic) bond motifs is 2. The van der Waals surface area contributed by atoms with Crippen LogP contribution < -0.4 is 24.0 Å². The number of nitrogens with zero attached hydrogens (tertiary/aromatic N) is 2. The molecule has 0 saturated heterocycles. The summed E-state index contributed by atoms with van der Waals surface area (Å²) in [7, 11) is 2.61. The van der Waals surface area contributed by atoms with Crippen LogP contribution in [-0.4, -0.2) is 103 Å². The molecule has 0 amide bonds. The number of methoxy groups -OCH3 is 2. The van der Waals surface area contributed by atoms with E-state index in [0.717, 1.165) is 5.56 Å². The van der Waals surface area contributed by atoms with E-state index in [-0.39, 0.29) is 63.1 Å². The van der Waals surface area contributed by atoms with Crippen molar-refractivity contribution >= 4 is 35.6 Å². The standard InChI is InChI=1S/C32H42N2O11/c1-22-7-8-24-27(15-22)42-13-14-43-28-16-23(20-35)26(44-21-31(38)45-32(2,3)4)17-25(28)34(19-30(37)40-6)10-12-41-11-9-33(24)18-29(36)39-5/h7-8,15-17,20H,9-14,18-19,21H2,1-6H3. The van der Waals surface area contributed by atoms with Gasteiger partial charge in [-0.15, -0.1) is 0 Å². The number of carbonyl (C=O) groups excluding carboxylic acids is 4. The zero-order valence-electron chi connectivity index (χ0n) is 26.7. The van der Waals surface area contributed by atoms with Crippen molar-refractivity contribution in [3.05, 3.63) is 41.5 Å². The molecule has 0 saturated carbocycles. The summed E-state index contributed by atoms with van der Waals surface area (Å²) in [5.74, 6) is -0.622. The van der Waals surface area contributed by atoms with Crippen LogP contribution in [0.25, 0.3) is 0 Å². The van der Waals surface area contributed by atoms with Gasteiger partial charge in [0.25, 0.3) is 0 Å². The Kier molecular flexibility index (Phi) is 12.8. The van der Waals surface area contributed by atoms with Gasteiger partial charge in [-0.1, -0.05) is 6.07 Å². The maximum Gasteiger partial charge on any atom is 0.344 e. The summed E-state index contributed by atoms with van der Waals surface area (Å²) in [6, 6.07) is 8.66. The van der Waals surface area contributed by atoms with E-state index in [2.05, 4.69) is 0 Å². The van der Waals surface area contributed by atoms with Gasteiger partial charge in [0.1, 0.15) is 49.2 Å². The largest absolute Gasteiger partial charge is 0.488 e. The fourth-order valence-corrected chi connectivity index (χ4v) is 4.42. The van der Waals surface area contributed by atoms with Gasteiger partial charge in [0.05, 0.1) is 44.4 Å². The van der Waals surface area contributed by atoms with Crippen molar-refractivity contribution in [3.63, 3.8) is 0 Å². The molecule has 2 aromatic rings. The highest BCUT2D eigenvalue weighted by atomic mass is 16.6. The molecular formula is C32H42N2O11. The van der Waals surface area contributed by atoms with E-state index in [1.807, 2.05) is 30.0 Å². The maximum atomic E-state index is 12.4. The van der Waals surface area contributed by atoms with Gasteiger partial charge in [-0.2, -0.15) is 0 Å². The minimum absolute atomic E-state index is 0.0176. The lowest BCUT2D eigenvalue weighted by atomic mass is 10.1. The lowest BCUT2D eigenvalue weighted by molar-refractivity contribution is -0.157. The average molecular weight is 631 g/mol. The third-order valence-electron chi connectivity index (χ3n) is 6.49. The molecule has 246 valence electrons. The van der Waals surface area contributed by atoms with E-state index in [9.17, 15) is 19.2 Å². The quantitative estimate of drug-likeness (QED) is 0.240. The topological polar surface area (TPSA) is 139 Å². The number of aldehydes is 1. The molecule has 0 bridgehead atoms. The molecule has 0 spiro atoms. The minimum Gasteiger partial charge on any atom is -0.488 e. The van der Waals surface area contributed by atoms with Crippen molar-refractivity contribution < 1.29 is 52.3 Å². The number of esters is 3. The van der Waals surface area contributed by atoms with Gasteiger partial charge >= 0.3 is 17.9 Å². The van der Waals surface area contributed by atoms with Gasteiger partial charge < -0.3 is 43.0 Å². The van der Waals surface area contributed by atoms with Crippen LogP contribution in [-0.2, 0) is 33.3 Å². The van der Waals surface area contributed by atoms with Crippen molar-refractivity contribution in [2.24, 2.45) is 0 Å². The molecular weight excluding hydrogens is 588 g/mol. The Bertz CT molecular complexity index is 1340. The molecule has 13 nitrogen and oxygen atoms in total. The van der Waals surface area contributed by atoms with E-state index >= 15 is 0 Å². The van der Waals surface area contributed by atoms with Crippen molar-refractivity contribution in [1.29, 1.82) is 0 Å². The Labute approximate surface area is 263 Å². The normalized spacial score (nSPS) is 14.3. The number of ether oxygens (including phenoxy) is 7. The van der Waals surface area contributed by atoms with Crippen LogP contribution in [0.15, 0.2) is 30.3 Å². The second-order valence-electron chi connectivity index (χ2n) is 11.1. The molecule has 0 fully saturated rings. The molecule has 1 heterocycles. The Hall–Kier alpha value is -4.52. The van der Waals surface area contributed by atoms with Crippen LogP contribution in [0.3, 0.4) is 0 Å². The Morgan fingerprint density at radius 3 is 1.96 bits per heavy atom. The molecule has 13 heteroatoms. The maximum absolute atomic E-state index is 12.4. The monoisotopic (exact) mass is 630 g/mol. The second kappa shape index (κ2) is 16.5. The first-order valence-corrected chi connectivity index (χ1v) is 14.5. The summed E-state index contributed by atoms with van der Waals surface area (Å²) < 4.78 is 39.0. The van der Waals surface area contributed by atoms with Crippen molar-refractivity contribution in [1.82, 2.24) is 0 Å². The number of carbonyl (C=O) groups is 4. The average Bonchev–Trinajstić information content (AvgIpc) is 2.99. The smallest absolute Gasteiger partial charge is 0.344 e. The van der Waals surface area contributed by atoms with E-state index < -0.39 is 30.1 Å². The number of hydrogen-bond acceptors (Lipinski definition) is 13. The summed E-state index contributed by atoms with van der Waals surface area (Å²) in [4.78, 5) is 52.5. The molecule has 2 aromatic carbocycles. The van der Waals surface area contributed by atoms with Gasteiger partial charge in [-0.3, -0.25) is 14.4 Å². The van der Waals surface area contributed by atoms with Crippen LogP contribution in [0.1, 0.15) is 36.7 Å². The number of rotatable bonds is 8. The van der Waals surface area contributed by atoms with E-state index in [4.69, 9.17) is 33.2 Å². The molecule has 0 aromatic heterocycles. The minimum atomic E-state index is -0.715. The summed E-state index contributed by atoms with van der Waals surface area (Å²) in [6.07, 6.45) is 0.586. The summed E-state index contributed by atoms with van der Waals surface area (Å²) in [5.41, 5.74) is 1.47. The molecule has 0 unspecified atom stereocenters. The molecule has 0 radical (unpaired) electrons. The van der Waals surface area contributed by atoms with Crippen molar-refractivity contribution in [3.8, 4) is 17.2 Å². The van der Waals surface area contributed by atoms with Crippen LogP contribution in [0, 0.1) is 6.92 Å². The zero-order valence-corrected chi connectivity index (χ0v) is 26.7. The number of anilines is 2. The number of hydrogen-bond donors (Lipinski definition) is 0. The molecule has 1 aliphatic rings. The fourth-order valence-electron chi connectivity index (χ4n) is 4.42. The predicted molar refractivity (Wildman–Crippen MR) is 165 cm³/mol. The van der Waals surface area contributed by atoms with Crippen LogP contribution in [0.2, 0.25) is 0 Å². The Morgan fingerprint density at radius 2 is 1.40 bits per heavy atom.